The molecule has 0 radical (unpaired) electrons. The lowest BCUT2D eigenvalue weighted by Gasteiger charge is -2.05. The maximum Gasteiger partial charge on any atom is 0.238 e. The summed E-state index contributed by atoms with van der Waals surface area (Å²) in [6, 6.07) is 6.06. The predicted molar refractivity (Wildman–Crippen MR) is 99.6 cm³/mol. The van der Waals surface area contributed by atoms with Crippen LogP contribution in [0.3, 0.4) is 0 Å². The van der Waals surface area contributed by atoms with Gasteiger partial charge < -0.3 is 4.74 Å². The van der Waals surface area contributed by atoms with E-state index in [1.807, 2.05) is 0 Å². The minimum absolute atomic E-state index is 0.0752. The second-order valence-corrected chi connectivity index (χ2v) is 9.97. The smallest absolute Gasteiger partial charge is 0.238 e. The van der Waals surface area contributed by atoms with Crippen molar-refractivity contribution in [3.8, 4) is 5.75 Å². The van der Waals surface area contributed by atoms with E-state index in [4.69, 9.17) is 9.88 Å². The summed E-state index contributed by atoms with van der Waals surface area (Å²) >= 11 is 4.95. The molecule has 0 spiro atoms. The number of rotatable bonds is 10. The quantitative estimate of drug-likeness (QED) is 0.479. The molecule has 2 N–H and O–H groups in total. The first-order valence-electron chi connectivity index (χ1n) is 7.34. The van der Waals surface area contributed by atoms with Gasteiger partial charge in [0.1, 0.15) is 5.75 Å². The molecule has 10 heteroatoms. The topological polar surface area (TPSA) is 95.2 Å². The van der Waals surface area contributed by atoms with Crippen molar-refractivity contribution in [2.75, 3.05) is 18.1 Å². The van der Waals surface area contributed by atoms with Crippen LogP contribution in [0.4, 0.5) is 0 Å². The number of aromatic nitrogens is 2. The summed E-state index contributed by atoms with van der Waals surface area (Å²) in [5.41, 5.74) is 0. The maximum atomic E-state index is 11.2. The van der Waals surface area contributed by atoms with Gasteiger partial charge in [0.05, 0.1) is 11.5 Å². The number of thioether (sulfide) groups is 2. The predicted octanol–water partition coefficient (Wildman–Crippen LogP) is 3.25. The van der Waals surface area contributed by atoms with Crippen molar-refractivity contribution >= 4 is 44.9 Å². The molecule has 2 rings (SSSR count). The molecule has 0 amide bonds. The zero-order valence-electron chi connectivity index (χ0n) is 13.2. The van der Waals surface area contributed by atoms with Gasteiger partial charge in [-0.15, -0.1) is 10.2 Å². The Labute approximate surface area is 154 Å². The molecular formula is C14H19N3O3S4. The van der Waals surface area contributed by atoms with E-state index in [0.29, 0.717) is 12.4 Å². The van der Waals surface area contributed by atoms with Crippen LogP contribution in [-0.4, -0.2) is 36.7 Å². The summed E-state index contributed by atoms with van der Waals surface area (Å²) in [6.45, 7) is 2.67. The van der Waals surface area contributed by atoms with Crippen molar-refractivity contribution in [1.82, 2.24) is 10.2 Å². The van der Waals surface area contributed by atoms with Gasteiger partial charge in [0.15, 0.2) is 8.68 Å². The summed E-state index contributed by atoms with van der Waals surface area (Å²) in [5, 5.41) is 13.4. The third kappa shape index (κ3) is 6.60. The summed E-state index contributed by atoms with van der Waals surface area (Å²) in [5.74, 6) is 2.43. The summed E-state index contributed by atoms with van der Waals surface area (Å²) in [6.07, 6.45) is 2.37. The first-order valence-corrected chi connectivity index (χ1v) is 11.7. The third-order valence-electron chi connectivity index (χ3n) is 2.84. The lowest BCUT2D eigenvalue weighted by atomic mass is 10.3. The van der Waals surface area contributed by atoms with Crippen molar-refractivity contribution in [1.29, 1.82) is 0 Å². The van der Waals surface area contributed by atoms with Crippen molar-refractivity contribution in [3.05, 3.63) is 24.3 Å². The molecular weight excluding hydrogens is 386 g/mol. The molecule has 6 nitrogen and oxygen atoms in total. The highest BCUT2D eigenvalue weighted by atomic mass is 32.2. The van der Waals surface area contributed by atoms with Crippen LogP contribution in [0.1, 0.15) is 19.8 Å². The van der Waals surface area contributed by atoms with E-state index in [1.54, 1.807) is 47.0 Å². The van der Waals surface area contributed by atoms with Gasteiger partial charge in [0.25, 0.3) is 0 Å². The normalized spacial score (nSPS) is 11.6. The monoisotopic (exact) mass is 405 g/mol. The van der Waals surface area contributed by atoms with Gasteiger partial charge >= 0.3 is 0 Å². The van der Waals surface area contributed by atoms with Gasteiger partial charge in [-0.1, -0.05) is 48.2 Å². The number of nitrogens with zero attached hydrogens (tertiary/aromatic N) is 2. The van der Waals surface area contributed by atoms with Crippen molar-refractivity contribution in [2.45, 2.75) is 33.3 Å². The fraction of sp³-hybridized carbons (Fsp3) is 0.429. The molecule has 2 aromatic rings. The number of sulfonamides is 1. The van der Waals surface area contributed by atoms with Crippen LogP contribution in [0.5, 0.6) is 5.75 Å². The van der Waals surface area contributed by atoms with E-state index in [2.05, 4.69) is 17.1 Å². The first-order chi connectivity index (χ1) is 11.5. The number of benzene rings is 1. The molecule has 0 saturated carbocycles. The van der Waals surface area contributed by atoms with Crippen LogP contribution in [0, 0.1) is 0 Å². The first kappa shape index (κ1) is 19.5. The number of hydrogen-bond donors (Lipinski definition) is 1. The van der Waals surface area contributed by atoms with Crippen molar-refractivity contribution in [3.63, 3.8) is 0 Å². The highest BCUT2D eigenvalue weighted by Crippen LogP contribution is 2.29. The molecule has 0 unspecified atom stereocenters. The minimum Gasteiger partial charge on any atom is -0.493 e. The van der Waals surface area contributed by atoms with E-state index in [-0.39, 0.29) is 4.90 Å². The van der Waals surface area contributed by atoms with E-state index < -0.39 is 10.0 Å². The number of unbranched alkanes of at least 4 members (excludes halogenated alkanes) is 1. The van der Waals surface area contributed by atoms with Crippen LogP contribution in [0.2, 0.25) is 0 Å². The van der Waals surface area contributed by atoms with Gasteiger partial charge in [-0.3, -0.25) is 0 Å². The Bertz CT molecular complexity index is 732. The number of nitrogens with two attached hydrogens (primary N) is 1. The Balaban J connectivity index is 1.71. The number of hydrogen-bond acceptors (Lipinski definition) is 8. The van der Waals surface area contributed by atoms with Crippen LogP contribution in [0.15, 0.2) is 37.8 Å². The molecule has 1 aromatic heterocycles. The lowest BCUT2D eigenvalue weighted by Crippen LogP contribution is -2.11. The second kappa shape index (κ2) is 9.62. The Morgan fingerprint density at radius 1 is 1.12 bits per heavy atom. The van der Waals surface area contributed by atoms with Gasteiger partial charge in [-0.2, -0.15) is 0 Å². The Kier molecular flexibility index (Phi) is 7.82. The molecule has 1 heterocycles. The third-order valence-corrected chi connectivity index (χ3v) is 7.01. The minimum atomic E-state index is -3.66. The highest BCUT2D eigenvalue weighted by molar-refractivity contribution is 8.03. The van der Waals surface area contributed by atoms with Gasteiger partial charge in [0, 0.05) is 11.5 Å². The number of primary sulfonamides is 1. The highest BCUT2D eigenvalue weighted by Gasteiger charge is 2.08. The molecule has 24 heavy (non-hydrogen) atoms. The van der Waals surface area contributed by atoms with E-state index >= 15 is 0 Å². The van der Waals surface area contributed by atoms with Crippen molar-refractivity contribution in [2.24, 2.45) is 5.14 Å². The van der Waals surface area contributed by atoms with E-state index in [1.165, 1.54) is 25.0 Å². The average Bonchev–Trinajstić information content (AvgIpc) is 2.99. The molecule has 0 aliphatic rings. The van der Waals surface area contributed by atoms with Crippen LogP contribution >= 0.6 is 34.9 Å². The standard InChI is InChI=1S/C14H19N3O3S4/c1-2-3-9-21-13-16-17-14(23-13)22-10-8-20-11-4-6-12(7-5-11)24(15,18)19/h4-7H,2-3,8-10H2,1H3,(H2,15,18,19). The summed E-state index contributed by atoms with van der Waals surface area (Å²) < 4.78 is 29.8. The van der Waals surface area contributed by atoms with Crippen LogP contribution in [-0.2, 0) is 10.0 Å². The molecule has 0 aliphatic heterocycles. The Morgan fingerprint density at radius 3 is 2.33 bits per heavy atom. The molecule has 0 fully saturated rings. The zero-order chi connectivity index (χ0) is 17.4. The largest absolute Gasteiger partial charge is 0.493 e. The molecule has 0 saturated heterocycles. The molecule has 1 aromatic carbocycles. The maximum absolute atomic E-state index is 11.2. The molecule has 0 atom stereocenters. The lowest BCUT2D eigenvalue weighted by molar-refractivity contribution is 0.343. The SMILES string of the molecule is CCCCSc1nnc(SCCOc2ccc(S(N)(=O)=O)cc2)s1. The zero-order valence-corrected chi connectivity index (χ0v) is 16.4. The molecule has 0 bridgehead atoms. The van der Waals surface area contributed by atoms with E-state index in [0.717, 1.165) is 20.2 Å². The Morgan fingerprint density at radius 2 is 1.75 bits per heavy atom. The summed E-state index contributed by atoms with van der Waals surface area (Å²) in [7, 11) is -3.66. The van der Waals surface area contributed by atoms with Gasteiger partial charge in [0.2, 0.25) is 10.0 Å². The fourth-order valence-electron chi connectivity index (χ4n) is 1.63. The summed E-state index contributed by atoms with van der Waals surface area (Å²) in [4.78, 5) is 0.0752. The van der Waals surface area contributed by atoms with Gasteiger partial charge in [-0.25, -0.2) is 13.6 Å². The van der Waals surface area contributed by atoms with Crippen molar-refractivity contribution < 1.29 is 13.2 Å². The number of ether oxygens (including phenoxy) is 1. The molecule has 0 aliphatic carbocycles. The fourth-order valence-corrected chi connectivity index (χ4v) is 5.21. The Hall–Kier alpha value is -0.810. The second-order valence-electron chi connectivity index (χ2n) is 4.75. The van der Waals surface area contributed by atoms with Crippen LogP contribution < -0.4 is 9.88 Å². The average molecular weight is 406 g/mol. The van der Waals surface area contributed by atoms with Gasteiger partial charge in [-0.05, 0) is 30.7 Å². The van der Waals surface area contributed by atoms with Crippen LogP contribution in [0.25, 0.3) is 0 Å². The van der Waals surface area contributed by atoms with E-state index in [9.17, 15) is 8.42 Å². The molecule has 132 valence electrons.